The van der Waals surface area contributed by atoms with E-state index in [-0.39, 0.29) is 11.9 Å². The molecule has 0 aliphatic heterocycles. The van der Waals surface area contributed by atoms with E-state index < -0.39 is 0 Å². The molecule has 3 N–H and O–H groups in total. The smallest absolute Gasteiger partial charge is 0.219 e. The normalized spacial score (nSPS) is 12.3. The third kappa shape index (κ3) is 3.27. The molecule has 0 spiro atoms. The highest BCUT2D eigenvalue weighted by Crippen LogP contribution is 2.25. The standard InChI is InChI=1S/C16H20N2O2/c1-3-18-15(10-16(17)19)13-5-4-12-9-14(20-2)7-6-11(12)8-13/h4-9,15,18H,3,10H2,1-2H3,(H2,17,19). The molecule has 1 amide bonds. The summed E-state index contributed by atoms with van der Waals surface area (Å²) in [4.78, 5) is 11.2. The molecule has 20 heavy (non-hydrogen) atoms. The number of fused-ring (bicyclic) bond motifs is 1. The van der Waals surface area contributed by atoms with Crippen molar-refractivity contribution in [2.24, 2.45) is 5.73 Å². The van der Waals surface area contributed by atoms with Crippen LogP contribution in [-0.4, -0.2) is 19.6 Å². The van der Waals surface area contributed by atoms with Gasteiger partial charge in [0.05, 0.1) is 7.11 Å². The Morgan fingerprint density at radius 3 is 2.60 bits per heavy atom. The average Bonchev–Trinajstić information content (AvgIpc) is 2.45. The lowest BCUT2D eigenvalue weighted by Gasteiger charge is -2.17. The van der Waals surface area contributed by atoms with Crippen LogP contribution in [-0.2, 0) is 4.79 Å². The fourth-order valence-electron chi connectivity index (χ4n) is 2.34. The molecule has 0 saturated heterocycles. The van der Waals surface area contributed by atoms with Crippen molar-refractivity contribution >= 4 is 16.7 Å². The molecule has 0 heterocycles. The van der Waals surface area contributed by atoms with Gasteiger partial charge in [0.2, 0.25) is 5.91 Å². The first-order valence-electron chi connectivity index (χ1n) is 6.73. The van der Waals surface area contributed by atoms with Crippen molar-refractivity contribution in [1.82, 2.24) is 5.32 Å². The minimum absolute atomic E-state index is 0.0380. The molecule has 0 aromatic heterocycles. The third-order valence-corrected chi connectivity index (χ3v) is 3.33. The van der Waals surface area contributed by atoms with Gasteiger partial charge in [0.15, 0.2) is 0 Å². The number of hydrogen-bond donors (Lipinski definition) is 2. The van der Waals surface area contributed by atoms with Gasteiger partial charge in [-0.05, 0) is 41.1 Å². The van der Waals surface area contributed by atoms with Gasteiger partial charge in [0, 0.05) is 12.5 Å². The van der Waals surface area contributed by atoms with Crippen LogP contribution in [0.2, 0.25) is 0 Å². The molecule has 0 aliphatic carbocycles. The molecule has 0 bridgehead atoms. The Morgan fingerprint density at radius 2 is 1.95 bits per heavy atom. The molecule has 2 aromatic carbocycles. The van der Waals surface area contributed by atoms with Crippen LogP contribution >= 0.6 is 0 Å². The minimum atomic E-state index is -0.300. The summed E-state index contributed by atoms with van der Waals surface area (Å²) in [6, 6.07) is 12.1. The van der Waals surface area contributed by atoms with Crippen LogP contribution in [0.15, 0.2) is 36.4 Å². The number of amides is 1. The van der Waals surface area contributed by atoms with Crippen LogP contribution in [0.3, 0.4) is 0 Å². The van der Waals surface area contributed by atoms with Crippen LogP contribution in [0.4, 0.5) is 0 Å². The second-order valence-corrected chi connectivity index (χ2v) is 4.75. The molecule has 1 unspecified atom stereocenters. The topological polar surface area (TPSA) is 64.3 Å². The lowest BCUT2D eigenvalue weighted by Crippen LogP contribution is -2.26. The fourth-order valence-corrected chi connectivity index (χ4v) is 2.34. The Morgan fingerprint density at radius 1 is 1.25 bits per heavy atom. The molecule has 0 saturated carbocycles. The zero-order valence-electron chi connectivity index (χ0n) is 11.8. The van der Waals surface area contributed by atoms with E-state index in [1.807, 2.05) is 37.3 Å². The first kappa shape index (κ1) is 14.3. The van der Waals surface area contributed by atoms with Crippen LogP contribution < -0.4 is 15.8 Å². The minimum Gasteiger partial charge on any atom is -0.497 e. The zero-order chi connectivity index (χ0) is 14.5. The Kier molecular flexibility index (Phi) is 4.58. The van der Waals surface area contributed by atoms with Crippen molar-refractivity contribution in [1.29, 1.82) is 0 Å². The molecular weight excluding hydrogens is 252 g/mol. The van der Waals surface area contributed by atoms with E-state index in [9.17, 15) is 4.79 Å². The second kappa shape index (κ2) is 6.39. The van der Waals surface area contributed by atoms with Gasteiger partial charge in [0.1, 0.15) is 5.75 Å². The highest BCUT2D eigenvalue weighted by molar-refractivity contribution is 5.85. The predicted octanol–water partition coefficient (Wildman–Crippen LogP) is 2.37. The van der Waals surface area contributed by atoms with Crippen molar-refractivity contribution in [3.63, 3.8) is 0 Å². The Balaban J connectivity index is 2.35. The zero-order valence-corrected chi connectivity index (χ0v) is 11.8. The maximum atomic E-state index is 11.2. The number of nitrogens with one attached hydrogen (secondary N) is 1. The highest BCUT2D eigenvalue weighted by atomic mass is 16.5. The third-order valence-electron chi connectivity index (χ3n) is 3.33. The maximum absolute atomic E-state index is 11.2. The lowest BCUT2D eigenvalue weighted by atomic mass is 9.99. The van der Waals surface area contributed by atoms with Gasteiger partial charge in [-0.1, -0.05) is 25.1 Å². The number of methoxy groups -OCH3 is 1. The Labute approximate surface area is 118 Å². The lowest BCUT2D eigenvalue weighted by molar-refractivity contribution is -0.118. The molecule has 4 nitrogen and oxygen atoms in total. The van der Waals surface area contributed by atoms with Crippen LogP contribution in [0.5, 0.6) is 5.75 Å². The summed E-state index contributed by atoms with van der Waals surface area (Å²) < 4.78 is 5.22. The van der Waals surface area contributed by atoms with Crippen LogP contribution in [0.25, 0.3) is 10.8 Å². The molecule has 0 radical (unpaired) electrons. The first-order valence-corrected chi connectivity index (χ1v) is 6.73. The number of carbonyl (C=O) groups excluding carboxylic acids is 1. The maximum Gasteiger partial charge on any atom is 0.219 e. The number of nitrogens with two attached hydrogens (primary N) is 1. The van der Waals surface area contributed by atoms with Crippen molar-refractivity contribution in [3.05, 3.63) is 42.0 Å². The van der Waals surface area contributed by atoms with E-state index >= 15 is 0 Å². The van der Waals surface area contributed by atoms with Gasteiger partial charge in [-0.15, -0.1) is 0 Å². The average molecular weight is 272 g/mol. The van der Waals surface area contributed by atoms with Crippen molar-refractivity contribution in [2.45, 2.75) is 19.4 Å². The molecule has 2 aromatic rings. The molecule has 0 fully saturated rings. The van der Waals surface area contributed by atoms with Gasteiger partial charge >= 0.3 is 0 Å². The summed E-state index contributed by atoms with van der Waals surface area (Å²) in [5.74, 6) is 0.538. The SMILES string of the molecule is CCNC(CC(N)=O)c1ccc2cc(OC)ccc2c1. The molecule has 106 valence electrons. The fraction of sp³-hybridized carbons (Fsp3) is 0.312. The molecular formula is C16H20N2O2. The summed E-state index contributed by atoms with van der Waals surface area (Å²) in [7, 11) is 1.66. The molecule has 4 heteroatoms. The van der Waals surface area contributed by atoms with E-state index in [0.29, 0.717) is 6.42 Å². The quantitative estimate of drug-likeness (QED) is 0.848. The van der Waals surface area contributed by atoms with Gasteiger partial charge in [-0.2, -0.15) is 0 Å². The number of carbonyl (C=O) groups is 1. The highest BCUT2D eigenvalue weighted by Gasteiger charge is 2.13. The first-order chi connectivity index (χ1) is 9.63. The molecule has 2 rings (SSSR count). The number of rotatable bonds is 6. The van der Waals surface area contributed by atoms with E-state index in [4.69, 9.17) is 10.5 Å². The summed E-state index contributed by atoms with van der Waals surface area (Å²) >= 11 is 0. The van der Waals surface area contributed by atoms with Crippen molar-refractivity contribution in [3.8, 4) is 5.75 Å². The van der Waals surface area contributed by atoms with Gasteiger partial charge < -0.3 is 15.8 Å². The largest absolute Gasteiger partial charge is 0.497 e. The van der Waals surface area contributed by atoms with E-state index in [1.165, 1.54) is 0 Å². The van der Waals surface area contributed by atoms with Crippen LogP contribution in [0, 0.1) is 0 Å². The van der Waals surface area contributed by atoms with E-state index in [0.717, 1.165) is 28.6 Å². The summed E-state index contributed by atoms with van der Waals surface area (Å²) in [5.41, 5.74) is 6.39. The monoisotopic (exact) mass is 272 g/mol. The summed E-state index contributed by atoms with van der Waals surface area (Å²) in [6.07, 6.45) is 0.301. The molecule has 1 atom stereocenters. The number of primary amides is 1. The number of benzene rings is 2. The number of hydrogen-bond acceptors (Lipinski definition) is 3. The van der Waals surface area contributed by atoms with Crippen molar-refractivity contribution in [2.75, 3.05) is 13.7 Å². The second-order valence-electron chi connectivity index (χ2n) is 4.75. The van der Waals surface area contributed by atoms with Crippen molar-refractivity contribution < 1.29 is 9.53 Å². The van der Waals surface area contributed by atoms with Crippen LogP contribution in [0.1, 0.15) is 24.9 Å². The van der Waals surface area contributed by atoms with E-state index in [1.54, 1.807) is 7.11 Å². The number of ether oxygens (including phenoxy) is 1. The predicted molar refractivity (Wildman–Crippen MR) is 80.7 cm³/mol. The Bertz CT molecular complexity index is 610. The van der Waals surface area contributed by atoms with Gasteiger partial charge in [-0.3, -0.25) is 4.79 Å². The van der Waals surface area contributed by atoms with E-state index in [2.05, 4.69) is 11.4 Å². The Hall–Kier alpha value is -2.07. The summed E-state index contributed by atoms with van der Waals surface area (Å²) in [5, 5.41) is 5.53. The molecule has 0 aliphatic rings. The summed E-state index contributed by atoms with van der Waals surface area (Å²) in [6.45, 7) is 2.80. The van der Waals surface area contributed by atoms with Gasteiger partial charge in [-0.25, -0.2) is 0 Å². The van der Waals surface area contributed by atoms with Gasteiger partial charge in [0.25, 0.3) is 0 Å².